The highest BCUT2D eigenvalue weighted by molar-refractivity contribution is 9.10. The lowest BCUT2D eigenvalue weighted by molar-refractivity contribution is 0.331. The van der Waals surface area contributed by atoms with Crippen LogP contribution >= 0.6 is 15.9 Å². The summed E-state index contributed by atoms with van der Waals surface area (Å²) in [6, 6.07) is 7.78. The SMILES string of the molecule is OC[CH]c1ccc(Br)cc1. The van der Waals surface area contributed by atoms with E-state index in [1.807, 2.05) is 24.3 Å². The van der Waals surface area contributed by atoms with E-state index < -0.39 is 0 Å². The standard InChI is InChI=1S/C8H8BrO/c9-8-3-1-7(2-4-8)5-6-10/h1-5,10H,6H2. The summed E-state index contributed by atoms with van der Waals surface area (Å²) in [7, 11) is 0. The summed E-state index contributed by atoms with van der Waals surface area (Å²) >= 11 is 3.32. The molecule has 0 aliphatic carbocycles. The molecule has 1 aromatic carbocycles. The van der Waals surface area contributed by atoms with Gasteiger partial charge in [-0.2, -0.15) is 0 Å². The van der Waals surface area contributed by atoms with Gasteiger partial charge < -0.3 is 5.11 Å². The van der Waals surface area contributed by atoms with Crippen LogP contribution in [0.5, 0.6) is 0 Å². The maximum absolute atomic E-state index is 8.52. The van der Waals surface area contributed by atoms with Gasteiger partial charge in [-0.3, -0.25) is 0 Å². The third kappa shape index (κ3) is 2.12. The van der Waals surface area contributed by atoms with E-state index in [-0.39, 0.29) is 6.61 Å². The second kappa shape index (κ2) is 3.74. The van der Waals surface area contributed by atoms with E-state index in [4.69, 9.17) is 5.11 Å². The van der Waals surface area contributed by atoms with E-state index >= 15 is 0 Å². The minimum absolute atomic E-state index is 0.0988. The van der Waals surface area contributed by atoms with Crippen molar-refractivity contribution in [1.82, 2.24) is 0 Å². The molecular formula is C8H8BrO. The number of rotatable bonds is 2. The van der Waals surface area contributed by atoms with Crippen LogP contribution in [0.4, 0.5) is 0 Å². The summed E-state index contributed by atoms with van der Waals surface area (Å²) in [5.74, 6) is 0. The van der Waals surface area contributed by atoms with Crippen molar-refractivity contribution in [3.8, 4) is 0 Å². The molecule has 1 radical (unpaired) electrons. The Labute approximate surface area is 68.8 Å². The monoisotopic (exact) mass is 199 g/mol. The van der Waals surface area contributed by atoms with Gasteiger partial charge in [0.25, 0.3) is 0 Å². The topological polar surface area (TPSA) is 20.2 Å². The van der Waals surface area contributed by atoms with Crippen LogP contribution in [0.25, 0.3) is 0 Å². The summed E-state index contributed by atoms with van der Waals surface area (Å²) in [5, 5.41) is 8.52. The normalized spacial score (nSPS) is 9.80. The lowest BCUT2D eigenvalue weighted by Gasteiger charge is -1.95. The summed E-state index contributed by atoms with van der Waals surface area (Å²) in [6.07, 6.45) is 1.76. The second-order valence-electron chi connectivity index (χ2n) is 1.94. The Hall–Kier alpha value is -0.340. The highest BCUT2D eigenvalue weighted by atomic mass is 79.9. The smallest absolute Gasteiger partial charge is 0.0506 e. The van der Waals surface area contributed by atoms with Crippen molar-refractivity contribution in [3.63, 3.8) is 0 Å². The van der Waals surface area contributed by atoms with Gasteiger partial charge >= 0.3 is 0 Å². The molecule has 0 unspecified atom stereocenters. The fourth-order valence-corrected chi connectivity index (χ4v) is 0.969. The number of hydrogen-bond acceptors (Lipinski definition) is 1. The van der Waals surface area contributed by atoms with Crippen LogP contribution in [-0.4, -0.2) is 11.7 Å². The molecule has 0 aromatic heterocycles. The molecule has 0 aliphatic rings. The van der Waals surface area contributed by atoms with Gasteiger partial charge in [-0.25, -0.2) is 0 Å². The van der Waals surface area contributed by atoms with Gasteiger partial charge in [0.15, 0.2) is 0 Å². The molecule has 1 N–H and O–H groups in total. The van der Waals surface area contributed by atoms with Gasteiger partial charge in [-0.05, 0) is 17.7 Å². The Balaban J connectivity index is 2.69. The lowest BCUT2D eigenvalue weighted by atomic mass is 10.2. The van der Waals surface area contributed by atoms with Crippen molar-refractivity contribution in [2.24, 2.45) is 0 Å². The number of aliphatic hydroxyl groups is 1. The van der Waals surface area contributed by atoms with Crippen LogP contribution < -0.4 is 0 Å². The Morgan fingerprint density at radius 1 is 1.30 bits per heavy atom. The Morgan fingerprint density at radius 2 is 1.90 bits per heavy atom. The van der Waals surface area contributed by atoms with Crippen LogP contribution in [-0.2, 0) is 0 Å². The van der Waals surface area contributed by atoms with Crippen molar-refractivity contribution in [1.29, 1.82) is 0 Å². The molecule has 53 valence electrons. The summed E-state index contributed by atoms with van der Waals surface area (Å²) in [6.45, 7) is 0.0988. The molecule has 1 nitrogen and oxygen atoms in total. The largest absolute Gasteiger partial charge is 0.396 e. The highest BCUT2D eigenvalue weighted by Gasteiger charge is 1.90. The Kier molecular flexibility index (Phi) is 2.90. The molecular weight excluding hydrogens is 192 g/mol. The van der Waals surface area contributed by atoms with Gasteiger partial charge in [-0.15, -0.1) is 0 Å². The van der Waals surface area contributed by atoms with E-state index in [0.717, 1.165) is 10.0 Å². The molecule has 10 heavy (non-hydrogen) atoms. The molecule has 0 fully saturated rings. The van der Waals surface area contributed by atoms with Crippen molar-refractivity contribution in [2.45, 2.75) is 0 Å². The molecule has 0 aliphatic heterocycles. The van der Waals surface area contributed by atoms with Crippen LogP contribution in [0.3, 0.4) is 0 Å². The van der Waals surface area contributed by atoms with Crippen molar-refractivity contribution < 1.29 is 5.11 Å². The first-order valence-electron chi connectivity index (χ1n) is 3.02. The predicted molar refractivity (Wildman–Crippen MR) is 44.6 cm³/mol. The number of aliphatic hydroxyl groups excluding tert-OH is 1. The first kappa shape index (κ1) is 7.76. The average Bonchev–Trinajstić information content (AvgIpc) is 1.95. The maximum Gasteiger partial charge on any atom is 0.0506 e. The third-order valence-electron chi connectivity index (χ3n) is 1.20. The second-order valence-corrected chi connectivity index (χ2v) is 2.85. The summed E-state index contributed by atoms with van der Waals surface area (Å²) < 4.78 is 1.06. The molecule has 0 saturated carbocycles. The fraction of sp³-hybridized carbons (Fsp3) is 0.125. The third-order valence-corrected chi connectivity index (χ3v) is 1.73. The zero-order valence-electron chi connectivity index (χ0n) is 5.42. The number of benzene rings is 1. The first-order chi connectivity index (χ1) is 4.83. The highest BCUT2D eigenvalue weighted by Crippen LogP contribution is 2.10. The van der Waals surface area contributed by atoms with E-state index in [1.165, 1.54) is 0 Å². The molecule has 2 heteroatoms. The van der Waals surface area contributed by atoms with E-state index in [9.17, 15) is 0 Å². The van der Waals surface area contributed by atoms with Crippen LogP contribution in [0.2, 0.25) is 0 Å². The molecule has 1 rings (SSSR count). The summed E-state index contributed by atoms with van der Waals surface area (Å²) in [5.41, 5.74) is 1.05. The predicted octanol–water partition coefficient (Wildman–Crippen LogP) is 1.99. The summed E-state index contributed by atoms with van der Waals surface area (Å²) in [4.78, 5) is 0. The Morgan fingerprint density at radius 3 is 2.40 bits per heavy atom. The molecule has 0 amide bonds. The van der Waals surface area contributed by atoms with E-state index in [2.05, 4.69) is 15.9 Å². The molecule has 0 saturated heterocycles. The first-order valence-corrected chi connectivity index (χ1v) is 3.82. The van der Waals surface area contributed by atoms with Crippen molar-refractivity contribution in [2.75, 3.05) is 6.61 Å². The fourth-order valence-electron chi connectivity index (χ4n) is 0.704. The maximum atomic E-state index is 8.52. The van der Waals surface area contributed by atoms with Crippen molar-refractivity contribution in [3.05, 3.63) is 40.7 Å². The molecule has 0 bridgehead atoms. The number of hydrogen-bond donors (Lipinski definition) is 1. The van der Waals surface area contributed by atoms with Crippen LogP contribution in [0.1, 0.15) is 5.56 Å². The van der Waals surface area contributed by atoms with E-state index in [0.29, 0.717) is 0 Å². The Bertz CT molecular complexity index is 193. The molecule has 0 heterocycles. The number of halogens is 1. The zero-order valence-corrected chi connectivity index (χ0v) is 7.01. The van der Waals surface area contributed by atoms with Crippen LogP contribution in [0, 0.1) is 6.42 Å². The minimum Gasteiger partial charge on any atom is -0.396 e. The molecule has 0 spiro atoms. The molecule has 0 atom stereocenters. The average molecular weight is 200 g/mol. The van der Waals surface area contributed by atoms with Gasteiger partial charge in [0.1, 0.15) is 0 Å². The van der Waals surface area contributed by atoms with Crippen molar-refractivity contribution >= 4 is 15.9 Å². The minimum atomic E-state index is 0.0988. The van der Waals surface area contributed by atoms with Gasteiger partial charge in [0.2, 0.25) is 0 Å². The van der Waals surface area contributed by atoms with Gasteiger partial charge in [0.05, 0.1) is 6.61 Å². The zero-order chi connectivity index (χ0) is 7.40. The molecule has 1 aromatic rings. The van der Waals surface area contributed by atoms with Crippen LogP contribution in [0.15, 0.2) is 28.7 Å². The van der Waals surface area contributed by atoms with Gasteiger partial charge in [0, 0.05) is 10.9 Å². The van der Waals surface area contributed by atoms with Gasteiger partial charge in [-0.1, -0.05) is 28.1 Å². The lowest BCUT2D eigenvalue weighted by Crippen LogP contribution is -1.85. The van der Waals surface area contributed by atoms with E-state index in [1.54, 1.807) is 6.42 Å². The quantitative estimate of drug-likeness (QED) is 0.773.